The van der Waals surface area contributed by atoms with Gasteiger partial charge < -0.3 is 14.2 Å². The second kappa shape index (κ2) is 53.9. The molecule has 1 atom stereocenters. The molecule has 0 aromatic carbocycles. The van der Waals surface area contributed by atoms with Gasteiger partial charge in [0.25, 0.3) is 0 Å². The van der Waals surface area contributed by atoms with Crippen molar-refractivity contribution in [1.82, 2.24) is 0 Å². The minimum Gasteiger partial charge on any atom is -0.462 e. The van der Waals surface area contributed by atoms with Gasteiger partial charge in [-0.05, 0) is 116 Å². The van der Waals surface area contributed by atoms with Crippen LogP contribution in [0.3, 0.4) is 0 Å². The molecular formula is C61H94O6. The van der Waals surface area contributed by atoms with Gasteiger partial charge in [-0.1, -0.05) is 212 Å². The lowest BCUT2D eigenvalue weighted by Gasteiger charge is -2.18. The highest BCUT2D eigenvalue weighted by molar-refractivity contribution is 5.71. The molecule has 374 valence electrons. The van der Waals surface area contributed by atoms with Gasteiger partial charge in [-0.2, -0.15) is 0 Å². The van der Waals surface area contributed by atoms with Gasteiger partial charge in [-0.15, -0.1) is 0 Å². The van der Waals surface area contributed by atoms with Crippen LogP contribution in [0.5, 0.6) is 0 Å². The molecule has 67 heavy (non-hydrogen) atoms. The summed E-state index contributed by atoms with van der Waals surface area (Å²) in [5.74, 6) is -1.12. The number of esters is 3. The number of hydrogen-bond acceptors (Lipinski definition) is 6. The van der Waals surface area contributed by atoms with Gasteiger partial charge in [0.1, 0.15) is 13.2 Å². The van der Waals surface area contributed by atoms with Crippen molar-refractivity contribution in [1.29, 1.82) is 0 Å². The number of hydrogen-bond donors (Lipinski definition) is 0. The highest BCUT2D eigenvalue weighted by Crippen LogP contribution is 2.11. The van der Waals surface area contributed by atoms with Crippen molar-refractivity contribution in [3.8, 4) is 0 Å². The van der Waals surface area contributed by atoms with Gasteiger partial charge in [0.05, 0.1) is 0 Å². The fourth-order valence-corrected chi connectivity index (χ4v) is 6.46. The number of carbonyl (C=O) groups is 3. The van der Waals surface area contributed by atoms with E-state index in [1.165, 1.54) is 44.9 Å². The molecule has 0 aliphatic heterocycles. The third-order valence-corrected chi connectivity index (χ3v) is 10.4. The Morgan fingerprint density at radius 2 is 0.672 bits per heavy atom. The Morgan fingerprint density at radius 3 is 1.10 bits per heavy atom. The Labute approximate surface area is 410 Å². The van der Waals surface area contributed by atoms with E-state index in [1.54, 1.807) is 0 Å². The number of ether oxygens (including phenoxy) is 3. The fourth-order valence-electron chi connectivity index (χ4n) is 6.46. The molecule has 0 bridgehead atoms. The van der Waals surface area contributed by atoms with Crippen LogP contribution in [0, 0.1) is 0 Å². The molecule has 0 aromatic rings. The Balaban J connectivity index is 4.66. The van der Waals surface area contributed by atoms with Gasteiger partial charge in [0, 0.05) is 19.3 Å². The standard InChI is InChI=1S/C61H94O6/c1-4-7-10-13-16-19-22-25-28-31-34-36-39-42-45-48-51-54-60(63)66-57-58(67-61(64)55-52-49-46-43-40-37-33-30-27-24-21-18-15-12-9-6-3)56-65-59(62)53-50-47-44-41-38-35-32-29-26-23-20-17-14-11-8-5-2/h7,9-10,12,16,18-19,21,25,27-30,32,34-38,40,42,45-46,49,58H,4-6,8,11,13-15,17,20,22-24,26,31,33,39,41,43-44,47-48,50-57H2,1-3H3/b10-7-,12-9-,19-16-,21-18-,28-25-,30-27-,32-29-,36-34-,38-35-,40-37-,45-42-,49-46-. The monoisotopic (exact) mass is 923 g/mol. The molecule has 0 aliphatic carbocycles. The van der Waals surface area contributed by atoms with Crippen molar-refractivity contribution in [2.24, 2.45) is 0 Å². The van der Waals surface area contributed by atoms with Crippen LogP contribution in [-0.2, 0) is 28.6 Å². The first kappa shape index (κ1) is 62.3. The summed E-state index contributed by atoms with van der Waals surface area (Å²) in [6.45, 7) is 6.24. The van der Waals surface area contributed by atoms with E-state index in [-0.39, 0.29) is 38.0 Å². The highest BCUT2D eigenvalue weighted by atomic mass is 16.6. The summed E-state index contributed by atoms with van der Waals surface area (Å²) >= 11 is 0. The first-order valence-electron chi connectivity index (χ1n) is 26.4. The van der Waals surface area contributed by atoms with Crippen molar-refractivity contribution in [2.75, 3.05) is 13.2 Å². The number of rotatable bonds is 45. The molecular weight excluding hydrogens is 829 g/mol. The first-order chi connectivity index (χ1) is 33.0. The van der Waals surface area contributed by atoms with E-state index in [1.807, 2.05) is 12.2 Å². The molecule has 0 fully saturated rings. The van der Waals surface area contributed by atoms with Crippen LogP contribution < -0.4 is 0 Å². The zero-order valence-corrected chi connectivity index (χ0v) is 42.6. The van der Waals surface area contributed by atoms with Crippen molar-refractivity contribution in [3.05, 3.63) is 146 Å². The molecule has 1 unspecified atom stereocenters. The summed E-state index contributed by atoms with van der Waals surface area (Å²) < 4.78 is 16.7. The van der Waals surface area contributed by atoms with Crippen molar-refractivity contribution in [2.45, 2.75) is 207 Å². The van der Waals surface area contributed by atoms with E-state index in [0.29, 0.717) is 19.3 Å². The fraction of sp³-hybridized carbons (Fsp3) is 0.557. The van der Waals surface area contributed by atoms with Gasteiger partial charge in [-0.3, -0.25) is 14.4 Å². The summed E-state index contributed by atoms with van der Waals surface area (Å²) in [6, 6.07) is 0. The van der Waals surface area contributed by atoms with Crippen LogP contribution in [0.4, 0.5) is 0 Å². The lowest BCUT2D eigenvalue weighted by Crippen LogP contribution is -2.30. The van der Waals surface area contributed by atoms with Crippen molar-refractivity contribution >= 4 is 17.9 Å². The van der Waals surface area contributed by atoms with Crippen LogP contribution in [0.25, 0.3) is 0 Å². The second-order valence-corrected chi connectivity index (χ2v) is 16.7. The molecule has 0 N–H and O–H groups in total. The summed E-state index contributed by atoms with van der Waals surface area (Å²) in [6.07, 6.45) is 77.1. The molecule has 0 amide bonds. The summed E-state index contributed by atoms with van der Waals surface area (Å²) in [4.78, 5) is 38.0. The molecule has 0 aliphatic rings. The molecule has 0 saturated heterocycles. The molecule has 6 heteroatoms. The number of unbranched alkanes of at least 4 members (excludes halogenated alkanes) is 11. The minimum absolute atomic E-state index is 0.145. The van der Waals surface area contributed by atoms with E-state index in [4.69, 9.17) is 14.2 Å². The Hall–Kier alpha value is -4.71. The second-order valence-electron chi connectivity index (χ2n) is 16.7. The predicted octanol–water partition coefficient (Wildman–Crippen LogP) is 17.6. The highest BCUT2D eigenvalue weighted by Gasteiger charge is 2.19. The topological polar surface area (TPSA) is 78.9 Å². The van der Waals surface area contributed by atoms with Crippen LogP contribution in [0.15, 0.2) is 146 Å². The molecule has 0 heterocycles. The zero-order chi connectivity index (χ0) is 48.6. The average molecular weight is 923 g/mol. The lowest BCUT2D eigenvalue weighted by molar-refractivity contribution is -0.166. The van der Waals surface area contributed by atoms with Crippen LogP contribution in [0.1, 0.15) is 201 Å². The van der Waals surface area contributed by atoms with Crippen LogP contribution in [0.2, 0.25) is 0 Å². The number of carbonyl (C=O) groups excluding carboxylic acids is 3. The third-order valence-electron chi connectivity index (χ3n) is 10.4. The summed E-state index contributed by atoms with van der Waals surface area (Å²) in [5.41, 5.74) is 0. The normalized spacial score (nSPS) is 13.3. The largest absolute Gasteiger partial charge is 0.462 e. The Morgan fingerprint density at radius 1 is 0.328 bits per heavy atom. The Bertz CT molecular complexity index is 1530. The summed E-state index contributed by atoms with van der Waals surface area (Å²) in [5, 5.41) is 0. The molecule has 0 radical (unpaired) electrons. The van der Waals surface area contributed by atoms with Gasteiger partial charge in [-0.25, -0.2) is 0 Å². The van der Waals surface area contributed by atoms with Gasteiger partial charge in [0.15, 0.2) is 6.10 Å². The van der Waals surface area contributed by atoms with Gasteiger partial charge >= 0.3 is 17.9 Å². The molecule has 0 rings (SSSR count). The molecule has 0 spiro atoms. The van der Waals surface area contributed by atoms with E-state index in [0.717, 1.165) is 103 Å². The molecule has 0 aromatic heterocycles. The van der Waals surface area contributed by atoms with Crippen molar-refractivity contribution < 1.29 is 28.6 Å². The lowest BCUT2D eigenvalue weighted by atomic mass is 10.1. The summed E-state index contributed by atoms with van der Waals surface area (Å²) in [7, 11) is 0. The van der Waals surface area contributed by atoms with E-state index in [2.05, 4.69) is 154 Å². The third kappa shape index (κ3) is 52.1. The average Bonchev–Trinajstić information content (AvgIpc) is 3.33. The van der Waals surface area contributed by atoms with Crippen LogP contribution >= 0.6 is 0 Å². The van der Waals surface area contributed by atoms with E-state index < -0.39 is 12.1 Å². The predicted molar refractivity (Wildman–Crippen MR) is 288 cm³/mol. The van der Waals surface area contributed by atoms with E-state index in [9.17, 15) is 14.4 Å². The maximum atomic E-state index is 12.8. The smallest absolute Gasteiger partial charge is 0.306 e. The van der Waals surface area contributed by atoms with Crippen molar-refractivity contribution in [3.63, 3.8) is 0 Å². The number of allylic oxidation sites excluding steroid dienone is 24. The maximum absolute atomic E-state index is 12.8. The molecule has 6 nitrogen and oxygen atoms in total. The zero-order valence-electron chi connectivity index (χ0n) is 42.6. The first-order valence-corrected chi connectivity index (χ1v) is 26.4. The van der Waals surface area contributed by atoms with Crippen LogP contribution in [-0.4, -0.2) is 37.2 Å². The Kier molecular flexibility index (Phi) is 50.1. The minimum atomic E-state index is -0.858. The van der Waals surface area contributed by atoms with E-state index >= 15 is 0 Å². The SMILES string of the molecule is CC/C=C\C/C=C\C/C=C\C/C=C\C/C=C\CCCC(=O)OCC(COC(=O)CCCCC/C=C\C=C/CCCCCCCCC)OC(=O)CC/C=C\C/C=C\C/C=C\C/C=C\C/C=C\CC. The quantitative estimate of drug-likeness (QED) is 0.0199. The maximum Gasteiger partial charge on any atom is 0.306 e. The molecule has 0 saturated carbocycles. The van der Waals surface area contributed by atoms with Gasteiger partial charge in [0.2, 0.25) is 0 Å².